The number of hydrogen-bond acceptors (Lipinski definition) is 12. The van der Waals surface area contributed by atoms with E-state index < -0.39 is 17.9 Å². The minimum absolute atomic E-state index is 0. The van der Waals surface area contributed by atoms with E-state index in [4.69, 9.17) is 0 Å². The fourth-order valence-corrected chi connectivity index (χ4v) is 9.97. The molecule has 0 saturated heterocycles. The fourth-order valence-electron chi connectivity index (χ4n) is 6.82. The van der Waals surface area contributed by atoms with Gasteiger partial charge in [0.1, 0.15) is 34.2 Å². The predicted molar refractivity (Wildman–Crippen MR) is 270 cm³/mol. The van der Waals surface area contributed by atoms with Crippen LogP contribution in [0.2, 0.25) is 0 Å². The number of carbonyl (C=O) groups excluding carboxylic acids is 3. The Morgan fingerprint density at radius 2 is 0.643 bits per heavy atom. The molecule has 0 saturated carbocycles. The summed E-state index contributed by atoms with van der Waals surface area (Å²) in [6.45, 7) is 6.76. The van der Waals surface area contributed by atoms with Crippen LogP contribution in [0.25, 0.3) is 61.6 Å². The van der Waals surface area contributed by atoms with E-state index in [1.54, 1.807) is 73.0 Å². The normalized spacial score (nSPS) is 10.5. The minimum Gasteiger partial charge on any atom is -0.477 e. The van der Waals surface area contributed by atoms with Gasteiger partial charge in [-0.2, -0.15) is 0 Å². The van der Waals surface area contributed by atoms with E-state index in [1.165, 1.54) is 18.2 Å². The van der Waals surface area contributed by atoms with E-state index in [0.717, 1.165) is 44.9 Å². The third kappa shape index (κ3) is 12.9. The van der Waals surface area contributed by atoms with E-state index >= 15 is 0 Å². The van der Waals surface area contributed by atoms with E-state index in [0.29, 0.717) is 36.3 Å². The van der Waals surface area contributed by atoms with Crippen LogP contribution in [0.3, 0.4) is 0 Å². The van der Waals surface area contributed by atoms with Crippen molar-refractivity contribution in [1.82, 2.24) is 30.9 Å². The molecule has 70 heavy (non-hydrogen) atoms. The number of amides is 3. The number of carboxylic acid groups (broad SMARTS) is 3. The Kier molecular flexibility index (Phi) is 18.1. The van der Waals surface area contributed by atoms with Crippen LogP contribution < -0.4 is 16.0 Å². The number of nitrogens with zero attached hydrogens (tertiary/aromatic N) is 3. The van der Waals surface area contributed by atoms with Crippen LogP contribution in [0.1, 0.15) is 83.7 Å². The van der Waals surface area contributed by atoms with Crippen LogP contribution in [0.15, 0.2) is 127 Å². The van der Waals surface area contributed by atoms with Crippen LogP contribution >= 0.6 is 34.0 Å². The van der Waals surface area contributed by atoms with Crippen molar-refractivity contribution in [2.45, 2.75) is 20.8 Å². The molecule has 0 aliphatic carbocycles. The topological polar surface area (TPSA) is 238 Å². The molecule has 3 amide bonds. The smallest absolute Gasteiger partial charge is 0.354 e. The molecule has 0 spiro atoms. The van der Waals surface area contributed by atoms with Gasteiger partial charge in [-0.1, -0.05) is 54.6 Å². The Hall–Kier alpha value is -6.85. The van der Waals surface area contributed by atoms with Crippen molar-refractivity contribution in [3.05, 3.63) is 162 Å². The van der Waals surface area contributed by atoms with Gasteiger partial charge in [-0.05, 0) is 126 Å². The van der Waals surface area contributed by atoms with Gasteiger partial charge in [0.25, 0.3) is 17.7 Å². The number of thiophene rings is 3. The van der Waals surface area contributed by atoms with Gasteiger partial charge >= 0.3 is 17.9 Å². The molecule has 6 N–H and O–H groups in total. The number of benzene rings is 3. The molecule has 9 rings (SSSR count). The number of pyridine rings is 3. The maximum atomic E-state index is 12.0. The Balaban J connectivity index is 0.000000171. The second-order valence-electron chi connectivity index (χ2n) is 14.8. The van der Waals surface area contributed by atoms with Crippen molar-refractivity contribution in [3.63, 3.8) is 0 Å². The summed E-state index contributed by atoms with van der Waals surface area (Å²) in [6, 6.07) is 39.1. The number of fused-ring (bicyclic) bond motifs is 3. The van der Waals surface area contributed by atoms with Crippen LogP contribution in [0.4, 0.5) is 0 Å². The standard InChI is InChI=1S/3C17H14N2O3S.Sm/c3*1-2-18-16(20)12-7-11(8-13(19-12)17(21)22)15-9-10-5-3-4-6-14(10)23-15;/h3*3-9H,2H2,1H3,(H,18,20)(H,21,22);. The first kappa shape index (κ1) is 52.5. The van der Waals surface area contributed by atoms with E-state index in [9.17, 15) is 44.1 Å². The zero-order valence-electron chi connectivity index (χ0n) is 37.5. The van der Waals surface area contributed by atoms with Crippen molar-refractivity contribution < 1.29 is 84.5 Å². The van der Waals surface area contributed by atoms with Gasteiger partial charge in [0, 0.05) is 88.8 Å². The summed E-state index contributed by atoms with van der Waals surface area (Å²) in [5, 5.41) is 38.9. The van der Waals surface area contributed by atoms with Gasteiger partial charge in [-0.15, -0.1) is 34.0 Å². The first-order valence-corrected chi connectivity index (χ1v) is 23.8. The summed E-state index contributed by atoms with van der Waals surface area (Å²) in [4.78, 5) is 84.4. The monoisotopic (exact) mass is 1130 g/mol. The molecule has 6 aromatic heterocycles. The van der Waals surface area contributed by atoms with Crippen molar-refractivity contribution >= 4 is 99.9 Å². The number of carboxylic acids is 3. The zero-order valence-corrected chi connectivity index (χ0v) is 42.6. The maximum absolute atomic E-state index is 12.0. The Bertz CT molecular complexity index is 2970. The molecule has 354 valence electrons. The predicted octanol–water partition coefficient (Wildman–Crippen LogP) is 10.2. The summed E-state index contributed by atoms with van der Waals surface area (Å²) >= 11 is 4.66. The number of aromatic nitrogens is 3. The number of carbonyl (C=O) groups is 6. The summed E-state index contributed by atoms with van der Waals surface area (Å²) < 4.78 is 3.32. The quantitative estimate of drug-likeness (QED) is 0.0670. The van der Waals surface area contributed by atoms with Crippen molar-refractivity contribution in [3.8, 4) is 31.3 Å². The van der Waals surface area contributed by atoms with Crippen molar-refractivity contribution in [2.75, 3.05) is 19.6 Å². The van der Waals surface area contributed by atoms with Crippen LogP contribution in [-0.4, -0.2) is 85.5 Å². The van der Waals surface area contributed by atoms with Crippen molar-refractivity contribution in [2.24, 2.45) is 0 Å². The van der Waals surface area contributed by atoms with E-state index in [2.05, 4.69) is 30.9 Å². The maximum Gasteiger partial charge on any atom is 0.354 e. The number of hydrogen-bond donors (Lipinski definition) is 6. The summed E-state index contributed by atoms with van der Waals surface area (Å²) in [6.07, 6.45) is 0. The largest absolute Gasteiger partial charge is 0.477 e. The average molecular weight is 1130 g/mol. The molecular formula is C51H42N6O9S3Sm. The summed E-state index contributed by atoms with van der Waals surface area (Å²) in [5.41, 5.74) is 1.96. The second kappa shape index (κ2) is 24.1. The molecule has 6 heterocycles. The second-order valence-corrected chi connectivity index (χ2v) is 18.1. The molecule has 0 aliphatic rings. The first-order valence-electron chi connectivity index (χ1n) is 21.3. The molecule has 15 nitrogen and oxygen atoms in total. The van der Waals surface area contributed by atoms with Crippen molar-refractivity contribution in [1.29, 1.82) is 0 Å². The van der Waals surface area contributed by atoms with Gasteiger partial charge in [0.2, 0.25) is 0 Å². The van der Waals surface area contributed by atoms with Crippen LogP contribution in [0, 0.1) is 40.4 Å². The summed E-state index contributed by atoms with van der Waals surface area (Å²) in [5.74, 6) is -4.59. The minimum atomic E-state index is -1.15. The molecule has 9 aromatic rings. The molecule has 0 fully saturated rings. The Labute approximate surface area is 444 Å². The molecule has 0 radical (unpaired) electrons. The van der Waals surface area contributed by atoms with E-state index in [1.807, 2.05) is 91.0 Å². The number of aromatic carboxylic acids is 3. The third-order valence-corrected chi connectivity index (χ3v) is 13.5. The third-order valence-electron chi connectivity index (χ3n) is 9.97. The molecule has 0 atom stereocenters. The van der Waals surface area contributed by atoms with Gasteiger partial charge in [-0.25, -0.2) is 29.3 Å². The van der Waals surface area contributed by atoms with E-state index in [-0.39, 0.29) is 92.3 Å². The zero-order chi connectivity index (χ0) is 49.2. The fraction of sp³-hybridized carbons (Fsp3) is 0.118. The van der Waals surface area contributed by atoms with Gasteiger partial charge in [0.15, 0.2) is 0 Å². The van der Waals surface area contributed by atoms with Crippen LogP contribution in [0.5, 0.6) is 0 Å². The van der Waals surface area contributed by atoms with Gasteiger partial charge in [-0.3, -0.25) is 14.4 Å². The number of nitrogens with one attached hydrogen (secondary N) is 3. The first-order chi connectivity index (χ1) is 33.2. The molecule has 3 aromatic carbocycles. The molecule has 0 aliphatic heterocycles. The molecular weight excluding hydrogens is 1090 g/mol. The number of rotatable bonds is 12. The molecule has 0 unspecified atom stereocenters. The van der Waals surface area contributed by atoms with Gasteiger partial charge < -0.3 is 31.3 Å². The Morgan fingerprint density at radius 1 is 0.400 bits per heavy atom. The van der Waals surface area contributed by atoms with Gasteiger partial charge in [0.05, 0.1) is 0 Å². The summed E-state index contributed by atoms with van der Waals surface area (Å²) in [7, 11) is 0. The molecule has 0 bridgehead atoms. The Morgan fingerprint density at radius 3 is 0.871 bits per heavy atom. The van der Waals surface area contributed by atoms with Crippen LogP contribution in [-0.2, 0) is 0 Å². The molecule has 19 heteroatoms. The SMILES string of the molecule is CCNC(=O)c1cc(-c2cc3ccccc3s2)cc(C(=O)O)n1.CCNC(=O)c1cc(-c2cc3ccccc3s2)cc(C(=O)O)n1.CCNC(=O)c1cc(-c2cc3ccccc3s2)cc(C(=O)O)n1.[Sm]. The average Bonchev–Trinajstić information content (AvgIpc) is 4.12.